The highest BCUT2D eigenvalue weighted by atomic mass is 79.9. The monoisotopic (exact) mass is 414 g/mol. The third-order valence-electron chi connectivity index (χ3n) is 3.59. The lowest BCUT2D eigenvalue weighted by Gasteiger charge is -2.24. The Balaban J connectivity index is 2.42. The first-order valence-corrected chi connectivity index (χ1v) is 8.51. The highest BCUT2D eigenvalue weighted by Gasteiger charge is 2.24. The molecule has 0 amide bonds. The number of hydrogen-bond donors (Lipinski definition) is 0. The maximum atomic E-state index is 13.7. The minimum atomic E-state index is -0.317. The van der Waals surface area contributed by atoms with Crippen molar-refractivity contribution in [3.8, 4) is 5.75 Å². The van der Waals surface area contributed by atoms with E-state index >= 15 is 0 Å². The number of benzene rings is 2. The molecule has 0 aliphatic carbocycles. The summed E-state index contributed by atoms with van der Waals surface area (Å²) < 4.78 is 19.5. The van der Waals surface area contributed by atoms with E-state index in [-0.39, 0.29) is 16.6 Å². The molecule has 0 fully saturated rings. The van der Waals surface area contributed by atoms with E-state index in [9.17, 15) is 4.39 Å². The Morgan fingerprint density at radius 3 is 2.43 bits per heavy atom. The molecule has 2 aromatic rings. The molecule has 0 aliphatic heterocycles. The van der Waals surface area contributed by atoms with Crippen LogP contribution in [0.3, 0.4) is 0 Å². The first kappa shape index (κ1) is 16.5. The fourth-order valence-corrected chi connectivity index (χ4v) is 3.86. The second-order valence-electron chi connectivity index (χ2n) is 4.84. The lowest BCUT2D eigenvalue weighted by Crippen LogP contribution is -2.07. The van der Waals surface area contributed by atoms with E-state index < -0.39 is 0 Å². The Labute approximate surface area is 141 Å². The van der Waals surface area contributed by atoms with Gasteiger partial charge in [0.25, 0.3) is 0 Å². The highest BCUT2D eigenvalue weighted by Crippen LogP contribution is 2.44. The average Bonchev–Trinajstić information content (AvgIpc) is 2.51. The van der Waals surface area contributed by atoms with Crippen molar-refractivity contribution < 1.29 is 9.13 Å². The van der Waals surface area contributed by atoms with Gasteiger partial charge < -0.3 is 4.74 Å². The first-order valence-electron chi connectivity index (χ1n) is 6.80. The lowest BCUT2D eigenvalue weighted by atomic mass is 9.89. The third kappa shape index (κ3) is 3.67. The normalized spacial score (nSPS) is 13.8. The fraction of sp³-hybridized carbons (Fsp3) is 0.294. The Hall–Kier alpha value is -0.870. The smallest absolute Gasteiger partial charge is 0.141 e. The molecule has 0 spiro atoms. The van der Waals surface area contributed by atoms with Gasteiger partial charge in [-0.25, -0.2) is 4.39 Å². The zero-order valence-corrected chi connectivity index (χ0v) is 15.1. The summed E-state index contributed by atoms with van der Waals surface area (Å²) in [7, 11) is 1.56. The van der Waals surface area contributed by atoms with Crippen LogP contribution in [0.5, 0.6) is 5.75 Å². The Kier molecular flexibility index (Phi) is 5.82. The molecule has 2 rings (SSSR count). The van der Waals surface area contributed by atoms with Crippen LogP contribution in [0.1, 0.15) is 35.2 Å². The van der Waals surface area contributed by atoms with E-state index in [1.165, 1.54) is 11.6 Å². The Morgan fingerprint density at radius 2 is 1.86 bits per heavy atom. The SMILES string of the molecule is CCC(c1ccccc1)C(Br)c1cc(Br)c(F)cc1OC. The molecule has 2 aromatic carbocycles. The van der Waals surface area contributed by atoms with Crippen LogP contribution in [-0.4, -0.2) is 7.11 Å². The average molecular weight is 416 g/mol. The van der Waals surface area contributed by atoms with E-state index in [0.29, 0.717) is 10.2 Å². The van der Waals surface area contributed by atoms with Crippen molar-refractivity contribution in [3.05, 3.63) is 63.9 Å². The van der Waals surface area contributed by atoms with E-state index in [0.717, 1.165) is 12.0 Å². The highest BCUT2D eigenvalue weighted by molar-refractivity contribution is 9.10. The van der Waals surface area contributed by atoms with Crippen LogP contribution < -0.4 is 4.74 Å². The van der Waals surface area contributed by atoms with Crippen LogP contribution in [0.25, 0.3) is 0 Å². The molecule has 0 radical (unpaired) electrons. The lowest BCUT2D eigenvalue weighted by molar-refractivity contribution is 0.403. The molecule has 1 nitrogen and oxygen atoms in total. The van der Waals surface area contributed by atoms with Gasteiger partial charge in [-0.2, -0.15) is 0 Å². The quantitative estimate of drug-likeness (QED) is 0.526. The second kappa shape index (κ2) is 7.41. The van der Waals surface area contributed by atoms with E-state index in [1.807, 2.05) is 18.2 Å². The first-order chi connectivity index (χ1) is 10.1. The van der Waals surface area contributed by atoms with E-state index in [2.05, 4.69) is 50.9 Å². The molecule has 0 aromatic heterocycles. The number of hydrogen-bond acceptors (Lipinski definition) is 1. The molecule has 2 unspecified atom stereocenters. The summed E-state index contributed by atoms with van der Waals surface area (Å²) in [4.78, 5) is 0.0525. The molecule has 0 N–H and O–H groups in total. The summed E-state index contributed by atoms with van der Waals surface area (Å²) in [5, 5.41) is 0. The number of halogens is 3. The Bertz CT molecular complexity index is 601. The van der Waals surface area contributed by atoms with Gasteiger partial charge in [-0.05, 0) is 34.0 Å². The van der Waals surface area contributed by atoms with Gasteiger partial charge in [0.1, 0.15) is 11.6 Å². The second-order valence-corrected chi connectivity index (χ2v) is 6.68. The molecular formula is C17H17Br2FO. The molecule has 0 saturated carbocycles. The summed E-state index contributed by atoms with van der Waals surface area (Å²) >= 11 is 7.03. The van der Waals surface area contributed by atoms with Crippen molar-refractivity contribution in [3.63, 3.8) is 0 Å². The summed E-state index contributed by atoms with van der Waals surface area (Å²) in [6, 6.07) is 13.5. The van der Waals surface area contributed by atoms with E-state index in [4.69, 9.17) is 4.74 Å². The van der Waals surface area contributed by atoms with Crippen LogP contribution in [0.4, 0.5) is 4.39 Å². The summed E-state index contributed by atoms with van der Waals surface area (Å²) in [6.45, 7) is 2.15. The maximum absolute atomic E-state index is 13.7. The van der Waals surface area contributed by atoms with Gasteiger partial charge in [-0.3, -0.25) is 0 Å². The molecule has 4 heteroatoms. The predicted octanol–water partition coefficient (Wildman–Crippen LogP) is 6.23. The van der Waals surface area contributed by atoms with Crippen LogP contribution in [0.2, 0.25) is 0 Å². The standard InChI is InChI=1S/C17H17Br2FO/c1-3-12(11-7-5-4-6-8-11)17(19)13-9-14(18)15(20)10-16(13)21-2/h4-10,12,17H,3H2,1-2H3. The summed E-state index contributed by atoms with van der Waals surface area (Å²) in [5.74, 6) is 0.535. The van der Waals surface area contributed by atoms with Crippen molar-refractivity contribution in [1.29, 1.82) is 0 Å². The number of ether oxygens (including phenoxy) is 1. The van der Waals surface area contributed by atoms with Crippen molar-refractivity contribution in [2.75, 3.05) is 7.11 Å². The molecular weight excluding hydrogens is 399 g/mol. The van der Waals surface area contributed by atoms with E-state index in [1.54, 1.807) is 13.2 Å². The largest absolute Gasteiger partial charge is 0.496 e. The van der Waals surface area contributed by atoms with Gasteiger partial charge in [0.15, 0.2) is 0 Å². The molecule has 0 saturated heterocycles. The number of alkyl halides is 1. The molecule has 0 bridgehead atoms. The Morgan fingerprint density at radius 1 is 1.19 bits per heavy atom. The topological polar surface area (TPSA) is 9.23 Å². The molecule has 21 heavy (non-hydrogen) atoms. The molecule has 2 atom stereocenters. The fourth-order valence-electron chi connectivity index (χ4n) is 2.46. The van der Waals surface area contributed by atoms with Crippen molar-refractivity contribution in [2.24, 2.45) is 0 Å². The number of methoxy groups -OCH3 is 1. The minimum Gasteiger partial charge on any atom is -0.496 e. The zero-order chi connectivity index (χ0) is 15.4. The van der Waals surface area contributed by atoms with Crippen LogP contribution in [0, 0.1) is 5.82 Å². The number of rotatable bonds is 5. The van der Waals surface area contributed by atoms with Gasteiger partial charge in [0.2, 0.25) is 0 Å². The van der Waals surface area contributed by atoms with Gasteiger partial charge >= 0.3 is 0 Å². The van der Waals surface area contributed by atoms with Crippen molar-refractivity contribution in [1.82, 2.24) is 0 Å². The van der Waals surface area contributed by atoms with Gasteiger partial charge in [0.05, 0.1) is 16.4 Å². The molecule has 112 valence electrons. The van der Waals surface area contributed by atoms with Gasteiger partial charge in [0, 0.05) is 17.5 Å². The van der Waals surface area contributed by atoms with Crippen LogP contribution >= 0.6 is 31.9 Å². The zero-order valence-electron chi connectivity index (χ0n) is 11.9. The minimum absolute atomic E-state index is 0.0525. The third-order valence-corrected chi connectivity index (χ3v) is 5.33. The molecule has 0 aliphatic rings. The van der Waals surface area contributed by atoms with Crippen LogP contribution in [-0.2, 0) is 0 Å². The molecule has 0 heterocycles. The summed E-state index contributed by atoms with van der Waals surface area (Å²) in [5.41, 5.74) is 2.20. The van der Waals surface area contributed by atoms with Gasteiger partial charge in [-0.1, -0.05) is 53.2 Å². The predicted molar refractivity (Wildman–Crippen MR) is 91.8 cm³/mol. The van der Waals surface area contributed by atoms with Crippen molar-refractivity contribution in [2.45, 2.75) is 24.1 Å². The summed E-state index contributed by atoms with van der Waals surface area (Å²) in [6.07, 6.45) is 0.970. The maximum Gasteiger partial charge on any atom is 0.141 e. The van der Waals surface area contributed by atoms with Crippen molar-refractivity contribution >= 4 is 31.9 Å². The van der Waals surface area contributed by atoms with Crippen LogP contribution in [0.15, 0.2) is 46.9 Å². The van der Waals surface area contributed by atoms with Gasteiger partial charge in [-0.15, -0.1) is 0 Å².